The predicted octanol–water partition coefficient (Wildman–Crippen LogP) is 3.36. The standard InChI is InChI=1S/C18H28N2O3/c1-3-5-13-23-14-6-12-19-18(22)15-8-10-16(11-9-15)20-17(21)7-4-2/h8-11H,3-7,12-14H2,1-2H3,(H,19,22)(H,20,21). The highest BCUT2D eigenvalue weighted by Crippen LogP contribution is 2.10. The number of benzene rings is 1. The van der Waals surface area contributed by atoms with Crippen molar-refractivity contribution in [2.75, 3.05) is 25.1 Å². The van der Waals surface area contributed by atoms with Gasteiger partial charge < -0.3 is 15.4 Å². The molecule has 0 atom stereocenters. The molecule has 0 spiro atoms. The van der Waals surface area contributed by atoms with Gasteiger partial charge in [-0.1, -0.05) is 20.3 Å². The zero-order valence-corrected chi connectivity index (χ0v) is 14.2. The van der Waals surface area contributed by atoms with E-state index in [-0.39, 0.29) is 11.8 Å². The lowest BCUT2D eigenvalue weighted by Crippen LogP contribution is -2.25. The first kappa shape index (κ1) is 19.2. The van der Waals surface area contributed by atoms with Gasteiger partial charge in [0.2, 0.25) is 5.91 Å². The van der Waals surface area contributed by atoms with E-state index in [1.54, 1.807) is 24.3 Å². The van der Waals surface area contributed by atoms with Gasteiger partial charge in [0.05, 0.1) is 0 Å². The second-order valence-electron chi connectivity index (χ2n) is 5.45. The Hall–Kier alpha value is -1.88. The van der Waals surface area contributed by atoms with Gasteiger partial charge in [0.1, 0.15) is 0 Å². The Morgan fingerprint density at radius 2 is 1.70 bits per heavy atom. The van der Waals surface area contributed by atoms with Crippen molar-refractivity contribution in [3.8, 4) is 0 Å². The molecule has 23 heavy (non-hydrogen) atoms. The van der Waals surface area contributed by atoms with Crippen molar-refractivity contribution in [2.24, 2.45) is 0 Å². The van der Waals surface area contributed by atoms with Crippen molar-refractivity contribution < 1.29 is 14.3 Å². The van der Waals surface area contributed by atoms with Crippen LogP contribution in [-0.2, 0) is 9.53 Å². The molecule has 0 saturated carbocycles. The van der Waals surface area contributed by atoms with Crippen molar-refractivity contribution >= 4 is 17.5 Å². The summed E-state index contributed by atoms with van der Waals surface area (Å²) in [7, 11) is 0. The molecular formula is C18H28N2O3. The molecule has 0 unspecified atom stereocenters. The average Bonchev–Trinajstić information content (AvgIpc) is 2.54. The van der Waals surface area contributed by atoms with Crippen molar-refractivity contribution in [1.82, 2.24) is 5.32 Å². The van der Waals surface area contributed by atoms with Crippen LogP contribution in [-0.4, -0.2) is 31.6 Å². The fourth-order valence-corrected chi connectivity index (χ4v) is 1.98. The van der Waals surface area contributed by atoms with E-state index in [0.717, 1.165) is 32.3 Å². The molecule has 0 aliphatic heterocycles. The van der Waals surface area contributed by atoms with Crippen LogP contribution in [0.3, 0.4) is 0 Å². The van der Waals surface area contributed by atoms with Crippen molar-refractivity contribution in [2.45, 2.75) is 46.0 Å². The van der Waals surface area contributed by atoms with Gasteiger partial charge in [-0.05, 0) is 43.5 Å². The normalized spacial score (nSPS) is 10.3. The number of hydrogen-bond donors (Lipinski definition) is 2. The number of carbonyl (C=O) groups excluding carboxylic acids is 2. The van der Waals surface area contributed by atoms with E-state index in [2.05, 4.69) is 17.6 Å². The zero-order chi connectivity index (χ0) is 16.9. The van der Waals surface area contributed by atoms with Gasteiger partial charge in [0.25, 0.3) is 5.91 Å². The first-order valence-electron chi connectivity index (χ1n) is 8.43. The van der Waals surface area contributed by atoms with Gasteiger partial charge >= 0.3 is 0 Å². The van der Waals surface area contributed by atoms with E-state index in [1.165, 1.54) is 0 Å². The summed E-state index contributed by atoms with van der Waals surface area (Å²) in [5.41, 5.74) is 1.30. The fourth-order valence-electron chi connectivity index (χ4n) is 1.98. The monoisotopic (exact) mass is 320 g/mol. The molecule has 2 amide bonds. The molecule has 0 aliphatic carbocycles. The summed E-state index contributed by atoms with van der Waals surface area (Å²) in [6.07, 6.45) is 4.33. The molecule has 0 fully saturated rings. The van der Waals surface area contributed by atoms with Gasteiger partial charge in [-0.2, -0.15) is 0 Å². The van der Waals surface area contributed by atoms with Crippen LogP contribution >= 0.6 is 0 Å². The number of rotatable bonds is 11. The Morgan fingerprint density at radius 1 is 1.00 bits per heavy atom. The molecule has 5 heteroatoms. The van der Waals surface area contributed by atoms with E-state index in [0.29, 0.717) is 30.8 Å². The number of ether oxygens (including phenoxy) is 1. The molecule has 2 N–H and O–H groups in total. The molecule has 0 heterocycles. The van der Waals surface area contributed by atoms with E-state index in [1.807, 2.05) is 6.92 Å². The van der Waals surface area contributed by atoms with Gasteiger partial charge in [0, 0.05) is 37.4 Å². The molecule has 1 aromatic carbocycles. The minimum atomic E-state index is -0.106. The lowest BCUT2D eigenvalue weighted by atomic mass is 10.2. The average molecular weight is 320 g/mol. The molecule has 1 aromatic rings. The summed E-state index contributed by atoms with van der Waals surface area (Å²) in [5, 5.41) is 5.66. The Labute approximate surface area is 138 Å². The zero-order valence-electron chi connectivity index (χ0n) is 14.2. The van der Waals surface area contributed by atoms with E-state index < -0.39 is 0 Å². The minimum absolute atomic E-state index is 0.00669. The summed E-state index contributed by atoms with van der Waals surface area (Å²) >= 11 is 0. The lowest BCUT2D eigenvalue weighted by molar-refractivity contribution is -0.116. The molecule has 0 aromatic heterocycles. The number of amides is 2. The lowest BCUT2D eigenvalue weighted by Gasteiger charge is -2.08. The first-order valence-corrected chi connectivity index (χ1v) is 8.43. The number of unbranched alkanes of at least 4 members (excludes halogenated alkanes) is 1. The largest absolute Gasteiger partial charge is 0.381 e. The van der Waals surface area contributed by atoms with Crippen LogP contribution < -0.4 is 10.6 Å². The highest BCUT2D eigenvalue weighted by atomic mass is 16.5. The van der Waals surface area contributed by atoms with Crippen LogP contribution in [0.4, 0.5) is 5.69 Å². The fraction of sp³-hybridized carbons (Fsp3) is 0.556. The van der Waals surface area contributed by atoms with E-state index >= 15 is 0 Å². The molecular weight excluding hydrogens is 292 g/mol. The summed E-state index contributed by atoms with van der Waals surface area (Å²) in [5.74, 6) is -0.113. The summed E-state index contributed by atoms with van der Waals surface area (Å²) in [6.45, 7) is 6.14. The molecule has 5 nitrogen and oxygen atoms in total. The Bertz CT molecular complexity index is 472. The first-order chi connectivity index (χ1) is 11.2. The highest BCUT2D eigenvalue weighted by Gasteiger charge is 2.06. The SMILES string of the molecule is CCCCOCCCNC(=O)c1ccc(NC(=O)CCC)cc1. The maximum atomic E-state index is 12.0. The van der Waals surface area contributed by atoms with Crippen LogP contribution in [0.1, 0.15) is 56.3 Å². The number of carbonyl (C=O) groups is 2. The Morgan fingerprint density at radius 3 is 2.35 bits per heavy atom. The Kier molecular flexibility index (Phi) is 9.71. The topological polar surface area (TPSA) is 67.4 Å². The third-order valence-corrected chi connectivity index (χ3v) is 3.30. The number of nitrogens with one attached hydrogen (secondary N) is 2. The third kappa shape index (κ3) is 8.35. The second kappa shape index (κ2) is 11.7. The molecule has 0 bridgehead atoms. The second-order valence-corrected chi connectivity index (χ2v) is 5.45. The van der Waals surface area contributed by atoms with Crippen LogP contribution in [0.25, 0.3) is 0 Å². The van der Waals surface area contributed by atoms with Gasteiger partial charge in [-0.3, -0.25) is 9.59 Å². The highest BCUT2D eigenvalue weighted by molar-refractivity contribution is 5.95. The van der Waals surface area contributed by atoms with E-state index in [9.17, 15) is 9.59 Å². The molecule has 0 aliphatic rings. The van der Waals surface area contributed by atoms with Crippen LogP contribution in [0, 0.1) is 0 Å². The van der Waals surface area contributed by atoms with Gasteiger partial charge in [-0.25, -0.2) is 0 Å². The maximum Gasteiger partial charge on any atom is 0.251 e. The molecule has 1 rings (SSSR count). The summed E-state index contributed by atoms with van der Waals surface area (Å²) in [6, 6.07) is 6.93. The number of hydrogen-bond acceptors (Lipinski definition) is 3. The van der Waals surface area contributed by atoms with Crippen LogP contribution in [0.2, 0.25) is 0 Å². The molecule has 0 saturated heterocycles. The number of anilines is 1. The molecule has 128 valence electrons. The van der Waals surface area contributed by atoms with Gasteiger partial charge in [-0.15, -0.1) is 0 Å². The molecule has 0 radical (unpaired) electrons. The predicted molar refractivity (Wildman–Crippen MR) is 92.7 cm³/mol. The Balaban J connectivity index is 2.27. The van der Waals surface area contributed by atoms with Crippen LogP contribution in [0.15, 0.2) is 24.3 Å². The minimum Gasteiger partial charge on any atom is -0.381 e. The van der Waals surface area contributed by atoms with Crippen LogP contribution in [0.5, 0.6) is 0 Å². The smallest absolute Gasteiger partial charge is 0.251 e. The third-order valence-electron chi connectivity index (χ3n) is 3.30. The summed E-state index contributed by atoms with van der Waals surface area (Å²) < 4.78 is 5.44. The van der Waals surface area contributed by atoms with Crippen molar-refractivity contribution in [1.29, 1.82) is 0 Å². The van der Waals surface area contributed by atoms with Crippen molar-refractivity contribution in [3.05, 3.63) is 29.8 Å². The van der Waals surface area contributed by atoms with Gasteiger partial charge in [0.15, 0.2) is 0 Å². The maximum absolute atomic E-state index is 12.0. The van der Waals surface area contributed by atoms with E-state index in [4.69, 9.17) is 4.74 Å². The van der Waals surface area contributed by atoms with Crippen molar-refractivity contribution in [3.63, 3.8) is 0 Å². The summed E-state index contributed by atoms with van der Waals surface area (Å²) in [4.78, 5) is 23.5. The quantitative estimate of drug-likeness (QED) is 0.614.